The smallest absolute Gasteiger partial charge is 0.312 e. The van der Waals surface area contributed by atoms with Gasteiger partial charge in [-0.2, -0.15) is 0 Å². The second-order valence-corrected chi connectivity index (χ2v) is 9.07. The summed E-state index contributed by atoms with van der Waals surface area (Å²) in [6, 6.07) is 17.4. The molecule has 3 aromatic carbocycles. The summed E-state index contributed by atoms with van der Waals surface area (Å²) in [6.07, 6.45) is 0.412. The standard InChI is InChI=1S/C28H33N5O5/c1-17-8-13-21(22-6-3-2-5-20(17)22)18-9-11-19(12-10-18)24(15-26(35)36)33-25(34)16-32-27(37)23(29)7-4-14-31-28(30)38/h2-3,5-6,8-13,23-24H,4,7,14-16,29H2,1H3,(H,32,37)(H,33,34)(H,35,36)(H3,30,31,38). The van der Waals surface area contributed by atoms with E-state index < -0.39 is 35.9 Å². The molecule has 4 amide bonds. The van der Waals surface area contributed by atoms with Crippen LogP contribution in [0, 0.1) is 6.92 Å². The summed E-state index contributed by atoms with van der Waals surface area (Å²) in [5, 5.41) is 19.2. The third-order valence-corrected chi connectivity index (χ3v) is 6.23. The van der Waals surface area contributed by atoms with Gasteiger partial charge in [-0.05, 0) is 52.8 Å². The van der Waals surface area contributed by atoms with Gasteiger partial charge in [0.2, 0.25) is 11.8 Å². The fourth-order valence-electron chi connectivity index (χ4n) is 4.23. The number of carbonyl (C=O) groups is 4. The van der Waals surface area contributed by atoms with Crippen molar-refractivity contribution < 1.29 is 24.3 Å². The van der Waals surface area contributed by atoms with Crippen LogP contribution in [-0.2, 0) is 14.4 Å². The number of urea groups is 1. The van der Waals surface area contributed by atoms with Crippen LogP contribution in [0.15, 0.2) is 60.7 Å². The molecule has 0 aromatic heterocycles. The van der Waals surface area contributed by atoms with Crippen molar-refractivity contribution in [1.82, 2.24) is 16.0 Å². The molecule has 0 spiro atoms. The highest BCUT2D eigenvalue weighted by atomic mass is 16.4. The van der Waals surface area contributed by atoms with Crippen molar-refractivity contribution >= 4 is 34.6 Å². The van der Waals surface area contributed by atoms with Gasteiger partial charge in [0.1, 0.15) is 0 Å². The Bertz CT molecular complexity index is 1310. The average Bonchev–Trinajstić information content (AvgIpc) is 2.89. The second-order valence-electron chi connectivity index (χ2n) is 9.07. The minimum absolute atomic E-state index is 0.284. The van der Waals surface area contributed by atoms with Crippen molar-refractivity contribution in [2.24, 2.45) is 11.5 Å². The van der Waals surface area contributed by atoms with E-state index in [2.05, 4.69) is 47.1 Å². The lowest BCUT2D eigenvalue weighted by Crippen LogP contribution is -2.45. The summed E-state index contributed by atoms with van der Waals surface area (Å²) < 4.78 is 0. The lowest BCUT2D eigenvalue weighted by Gasteiger charge is -2.19. The Hall–Kier alpha value is -4.44. The van der Waals surface area contributed by atoms with Crippen LogP contribution in [-0.4, -0.2) is 48.1 Å². The van der Waals surface area contributed by atoms with Crippen LogP contribution in [0.4, 0.5) is 4.79 Å². The molecule has 8 N–H and O–H groups in total. The summed E-state index contributed by atoms with van der Waals surface area (Å²) in [6.45, 7) is 2.00. The third kappa shape index (κ3) is 7.78. The van der Waals surface area contributed by atoms with Gasteiger partial charge in [-0.1, -0.05) is 60.7 Å². The Morgan fingerprint density at radius 2 is 1.61 bits per heavy atom. The quantitative estimate of drug-likeness (QED) is 0.200. The lowest BCUT2D eigenvalue weighted by atomic mass is 9.94. The molecule has 3 aromatic rings. The number of carboxylic acids is 1. The number of rotatable bonds is 12. The normalized spacial score (nSPS) is 12.4. The van der Waals surface area contributed by atoms with Crippen LogP contribution in [0.5, 0.6) is 0 Å². The predicted octanol–water partition coefficient (Wildman–Crippen LogP) is 2.34. The van der Waals surface area contributed by atoms with E-state index >= 15 is 0 Å². The predicted molar refractivity (Wildman–Crippen MR) is 145 cm³/mol. The summed E-state index contributed by atoms with van der Waals surface area (Å²) >= 11 is 0. The van der Waals surface area contributed by atoms with Crippen molar-refractivity contribution in [3.8, 4) is 11.1 Å². The SMILES string of the molecule is Cc1ccc(-c2ccc(C(CC(=O)O)NC(=O)CNC(=O)C(N)CCCNC(N)=O)cc2)c2ccccc12. The van der Waals surface area contributed by atoms with Gasteiger partial charge >= 0.3 is 12.0 Å². The maximum Gasteiger partial charge on any atom is 0.312 e. The van der Waals surface area contributed by atoms with Crippen LogP contribution >= 0.6 is 0 Å². The van der Waals surface area contributed by atoms with Crippen LogP contribution in [0.3, 0.4) is 0 Å². The monoisotopic (exact) mass is 519 g/mol. The highest BCUT2D eigenvalue weighted by molar-refractivity contribution is 5.98. The molecule has 0 fully saturated rings. The number of nitrogens with one attached hydrogen (secondary N) is 3. The number of hydrogen-bond acceptors (Lipinski definition) is 5. The minimum atomic E-state index is -1.07. The molecule has 0 heterocycles. The van der Waals surface area contributed by atoms with Crippen LogP contribution in [0.25, 0.3) is 21.9 Å². The van der Waals surface area contributed by atoms with Crippen molar-refractivity contribution in [3.63, 3.8) is 0 Å². The maximum atomic E-state index is 12.5. The Kier molecular flexibility index (Phi) is 9.78. The number of aryl methyl sites for hydroxylation is 1. The number of aliphatic carboxylic acids is 1. The summed E-state index contributed by atoms with van der Waals surface area (Å²) in [5.74, 6) is -2.14. The number of primary amides is 1. The van der Waals surface area contributed by atoms with Gasteiger partial charge in [-0.15, -0.1) is 0 Å². The van der Waals surface area contributed by atoms with Crippen molar-refractivity contribution in [3.05, 3.63) is 71.8 Å². The van der Waals surface area contributed by atoms with Gasteiger partial charge in [-0.3, -0.25) is 14.4 Å². The van der Waals surface area contributed by atoms with E-state index in [-0.39, 0.29) is 25.9 Å². The van der Waals surface area contributed by atoms with Crippen molar-refractivity contribution in [2.75, 3.05) is 13.1 Å². The first-order valence-electron chi connectivity index (χ1n) is 12.3. The highest BCUT2D eigenvalue weighted by Gasteiger charge is 2.20. The lowest BCUT2D eigenvalue weighted by molar-refractivity contribution is -0.138. The number of fused-ring (bicyclic) bond motifs is 1. The molecule has 0 saturated carbocycles. The number of carboxylic acid groups (broad SMARTS) is 1. The van der Waals surface area contributed by atoms with Crippen molar-refractivity contribution in [2.45, 2.75) is 38.3 Å². The van der Waals surface area contributed by atoms with Crippen LogP contribution in [0.1, 0.15) is 36.4 Å². The Morgan fingerprint density at radius 3 is 2.26 bits per heavy atom. The molecular weight excluding hydrogens is 486 g/mol. The molecule has 0 saturated heterocycles. The van der Waals surface area contributed by atoms with Crippen LogP contribution < -0.4 is 27.4 Å². The van der Waals surface area contributed by atoms with E-state index in [1.807, 2.05) is 24.3 Å². The van der Waals surface area contributed by atoms with Gasteiger partial charge in [0.05, 0.1) is 25.0 Å². The molecule has 2 unspecified atom stereocenters. The zero-order valence-electron chi connectivity index (χ0n) is 21.2. The molecular formula is C28H33N5O5. The van der Waals surface area contributed by atoms with Gasteiger partial charge in [0.15, 0.2) is 0 Å². The first-order chi connectivity index (χ1) is 18.2. The Morgan fingerprint density at radius 1 is 0.921 bits per heavy atom. The second kappa shape index (κ2) is 13.2. The topological polar surface area (TPSA) is 177 Å². The van der Waals surface area contributed by atoms with E-state index in [1.165, 1.54) is 5.56 Å². The molecule has 3 rings (SSSR count). The molecule has 38 heavy (non-hydrogen) atoms. The van der Waals surface area contributed by atoms with Gasteiger partial charge in [0.25, 0.3) is 0 Å². The summed E-state index contributed by atoms with van der Waals surface area (Å²) in [7, 11) is 0. The van der Waals surface area contributed by atoms with Gasteiger partial charge in [0, 0.05) is 6.54 Å². The maximum absolute atomic E-state index is 12.5. The number of hydrogen-bond donors (Lipinski definition) is 6. The van der Waals surface area contributed by atoms with E-state index in [9.17, 15) is 24.3 Å². The van der Waals surface area contributed by atoms with E-state index in [4.69, 9.17) is 11.5 Å². The average molecular weight is 520 g/mol. The third-order valence-electron chi connectivity index (χ3n) is 6.23. The highest BCUT2D eigenvalue weighted by Crippen LogP contribution is 2.31. The molecule has 0 aliphatic heterocycles. The number of amides is 4. The first-order valence-corrected chi connectivity index (χ1v) is 12.3. The van der Waals surface area contributed by atoms with E-state index in [1.54, 1.807) is 12.1 Å². The van der Waals surface area contributed by atoms with Crippen LogP contribution in [0.2, 0.25) is 0 Å². The molecule has 10 nitrogen and oxygen atoms in total. The molecule has 200 valence electrons. The molecule has 0 aliphatic rings. The van der Waals surface area contributed by atoms with Gasteiger partial charge in [-0.25, -0.2) is 4.79 Å². The minimum Gasteiger partial charge on any atom is -0.481 e. The molecule has 0 aliphatic carbocycles. The fourth-order valence-corrected chi connectivity index (χ4v) is 4.23. The fraction of sp³-hybridized carbons (Fsp3) is 0.286. The Balaban J connectivity index is 1.63. The molecule has 0 radical (unpaired) electrons. The first kappa shape index (κ1) is 28.1. The number of benzene rings is 3. The van der Waals surface area contributed by atoms with E-state index in [0.29, 0.717) is 12.0 Å². The van der Waals surface area contributed by atoms with Gasteiger partial charge < -0.3 is 32.5 Å². The number of carbonyl (C=O) groups excluding carboxylic acids is 3. The molecule has 0 bridgehead atoms. The zero-order valence-corrected chi connectivity index (χ0v) is 21.2. The molecule has 2 atom stereocenters. The summed E-state index contributed by atoms with van der Waals surface area (Å²) in [4.78, 5) is 46.8. The molecule has 10 heteroatoms. The van der Waals surface area contributed by atoms with Crippen molar-refractivity contribution in [1.29, 1.82) is 0 Å². The summed E-state index contributed by atoms with van der Waals surface area (Å²) in [5.41, 5.74) is 14.6. The largest absolute Gasteiger partial charge is 0.481 e. The zero-order chi connectivity index (χ0) is 27.7. The Labute approximate surface area is 220 Å². The number of nitrogens with two attached hydrogens (primary N) is 2. The van der Waals surface area contributed by atoms with E-state index in [0.717, 1.165) is 21.9 Å².